The minimum atomic E-state index is -0.0976. The van der Waals surface area contributed by atoms with Crippen LogP contribution in [0.3, 0.4) is 0 Å². The Morgan fingerprint density at radius 3 is 3.00 bits per heavy atom. The molecule has 0 spiro atoms. The van der Waals surface area contributed by atoms with E-state index in [4.69, 9.17) is 9.84 Å². The summed E-state index contributed by atoms with van der Waals surface area (Å²) in [6, 6.07) is 5.75. The fourth-order valence-corrected chi connectivity index (χ4v) is 2.32. The normalized spacial score (nSPS) is 20.7. The molecule has 2 unspecified atom stereocenters. The average Bonchev–Trinajstić information content (AvgIpc) is 2.88. The Labute approximate surface area is 125 Å². The summed E-state index contributed by atoms with van der Waals surface area (Å²) in [5, 5.41) is 11.7. The van der Waals surface area contributed by atoms with Crippen LogP contribution >= 0.6 is 0 Å². The number of carbonyl (C=O) groups is 1. The zero-order valence-electron chi connectivity index (χ0n) is 12.5. The minimum absolute atomic E-state index is 0.0200. The van der Waals surface area contributed by atoms with Crippen molar-refractivity contribution >= 4 is 11.6 Å². The second-order valence-corrected chi connectivity index (χ2v) is 5.39. The number of ether oxygens (including phenoxy) is 1. The van der Waals surface area contributed by atoms with Crippen LogP contribution in [0.4, 0.5) is 5.69 Å². The Hall–Kier alpha value is -1.83. The maximum atomic E-state index is 12.2. The van der Waals surface area contributed by atoms with Gasteiger partial charge in [0.1, 0.15) is 0 Å². The summed E-state index contributed by atoms with van der Waals surface area (Å²) in [5.74, 6) is 5.78. The largest absolute Gasteiger partial charge is 0.395 e. The van der Waals surface area contributed by atoms with Gasteiger partial charge in [-0.1, -0.05) is 17.9 Å². The number of aliphatic hydroxyl groups is 1. The monoisotopic (exact) mass is 287 g/mol. The van der Waals surface area contributed by atoms with Crippen molar-refractivity contribution in [2.45, 2.75) is 32.8 Å². The van der Waals surface area contributed by atoms with E-state index in [0.717, 1.165) is 23.2 Å². The fourth-order valence-electron chi connectivity index (χ4n) is 2.32. The molecule has 1 aliphatic heterocycles. The molecule has 4 nitrogen and oxygen atoms in total. The van der Waals surface area contributed by atoms with Crippen LogP contribution in [-0.4, -0.2) is 30.3 Å². The highest BCUT2D eigenvalue weighted by Gasteiger charge is 2.28. The number of hydrogen-bond donors (Lipinski definition) is 2. The number of anilines is 1. The summed E-state index contributed by atoms with van der Waals surface area (Å²) in [5.41, 5.74) is 2.58. The molecule has 1 aliphatic rings. The number of nitrogens with one attached hydrogen (secondary N) is 1. The molecular formula is C17H21NO3. The Balaban J connectivity index is 2.12. The van der Waals surface area contributed by atoms with E-state index in [2.05, 4.69) is 17.2 Å². The van der Waals surface area contributed by atoms with E-state index < -0.39 is 0 Å². The molecule has 2 N–H and O–H groups in total. The molecule has 1 aromatic rings. The first kappa shape index (κ1) is 15.6. The first-order valence-corrected chi connectivity index (χ1v) is 7.23. The topological polar surface area (TPSA) is 58.6 Å². The maximum absolute atomic E-state index is 12.2. The molecular weight excluding hydrogens is 266 g/mol. The van der Waals surface area contributed by atoms with Crippen molar-refractivity contribution in [2.75, 3.05) is 18.5 Å². The fraction of sp³-hybridized carbons (Fsp3) is 0.471. The summed E-state index contributed by atoms with van der Waals surface area (Å²) in [7, 11) is 0. The number of amides is 1. The number of rotatable bonds is 3. The number of aliphatic hydroxyl groups excluding tert-OH is 1. The van der Waals surface area contributed by atoms with Crippen LogP contribution in [0.5, 0.6) is 0 Å². The van der Waals surface area contributed by atoms with Crippen LogP contribution in [0.15, 0.2) is 18.2 Å². The number of carbonyl (C=O) groups excluding carboxylic acids is 1. The summed E-state index contributed by atoms with van der Waals surface area (Å²) in [6.07, 6.45) is 1.32. The SMILES string of the molecule is Cc1ccc(NC(=O)C2COC(C)C2)c(C#CCCO)c1. The van der Waals surface area contributed by atoms with Crippen molar-refractivity contribution < 1.29 is 14.6 Å². The number of aryl methyl sites for hydroxylation is 1. The highest BCUT2D eigenvalue weighted by Crippen LogP contribution is 2.22. The van der Waals surface area contributed by atoms with Crippen molar-refractivity contribution in [2.24, 2.45) is 5.92 Å². The van der Waals surface area contributed by atoms with E-state index in [-0.39, 0.29) is 24.5 Å². The van der Waals surface area contributed by atoms with Crippen molar-refractivity contribution in [3.8, 4) is 11.8 Å². The van der Waals surface area contributed by atoms with Gasteiger partial charge >= 0.3 is 0 Å². The molecule has 0 aromatic heterocycles. The van der Waals surface area contributed by atoms with Crippen molar-refractivity contribution in [3.05, 3.63) is 29.3 Å². The van der Waals surface area contributed by atoms with Crippen molar-refractivity contribution in [1.29, 1.82) is 0 Å². The van der Waals surface area contributed by atoms with Gasteiger partial charge in [0.25, 0.3) is 0 Å². The van der Waals surface area contributed by atoms with Gasteiger partial charge in [-0.05, 0) is 38.0 Å². The first-order chi connectivity index (χ1) is 10.1. The second-order valence-electron chi connectivity index (χ2n) is 5.39. The highest BCUT2D eigenvalue weighted by molar-refractivity contribution is 5.94. The molecule has 2 rings (SSSR count). The van der Waals surface area contributed by atoms with Gasteiger partial charge in [-0.25, -0.2) is 0 Å². The van der Waals surface area contributed by atoms with E-state index in [1.165, 1.54) is 0 Å². The lowest BCUT2D eigenvalue weighted by molar-refractivity contribution is -0.119. The van der Waals surface area contributed by atoms with Crippen LogP contribution in [0.25, 0.3) is 0 Å². The van der Waals surface area contributed by atoms with Gasteiger partial charge in [-0.3, -0.25) is 4.79 Å². The quantitative estimate of drug-likeness (QED) is 0.837. The van der Waals surface area contributed by atoms with Gasteiger partial charge in [0, 0.05) is 12.0 Å². The van der Waals surface area contributed by atoms with Gasteiger partial charge in [-0.2, -0.15) is 0 Å². The highest BCUT2D eigenvalue weighted by atomic mass is 16.5. The third-order valence-corrected chi connectivity index (χ3v) is 3.46. The molecule has 1 aromatic carbocycles. The summed E-state index contributed by atoms with van der Waals surface area (Å²) >= 11 is 0. The smallest absolute Gasteiger partial charge is 0.229 e. The molecule has 4 heteroatoms. The Morgan fingerprint density at radius 2 is 2.33 bits per heavy atom. The van der Waals surface area contributed by atoms with E-state index in [1.807, 2.05) is 32.0 Å². The van der Waals surface area contributed by atoms with Gasteiger partial charge in [0.15, 0.2) is 0 Å². The van der Waals surface area contributed by atoms with E-state index in [0.29, 0.717) is 13.0 Å². The summed E-state index contributed by atoms with van der Waals surface area (Å²) in [4.78, 5) is 12.2. The van der Waals surface area contributed by atoms with E-state index in [9.17, 15) is 4.79 Å². The molecule has 1 saturated heterocycles. The molecule has 0 aliphatic carbocycles. The molecule has 0 radical (unpaired) electrons. The van der Waals surface area contributed by atoms with Gasteiger partial charge < -0.3 is 15.2 Å². The van der Waals surface area contributed by atoms with Crippen LogP contribution < -0.4 is 5.32 Å². The first-order valence-electron chi connectivity index (χ1n) is 7.23. The lowest BCUT2D eigenvalue weighted by Crippen LogP contribution is -2.23. The van der Waals surface area contributed by atoms with Crippen molar-refractivity contribution in [1.82, 2.24) is 0 Å². The van der Waals surface area contributed by atoms with Gasteiger partial charge in [0.2, 0.25) is 5.91 Å². The lowest BCUT2D eigenvalue weighted by Gasteiger charge is -2.11. The van der Waals surface area contributed by atoms with Crippen LogP contribution in [0.1, 0.15) is 30.9 Å². The molecule has 0 bridgehead atoms. The zero-order valence-corrected chi connectivity index (χ0v) is 12.5. The molecule has 112 valence electrons. The lowest BCUT2D eigenvalue weighted by atomic mass is 10.0. The molecule has 0 saturated carbocycles. The third kappa shape index (κ3) is 4.32. The van der Waals surface area contributed by atoms with Crippen LogP contribution in [-0.2, 0) is 9.53 Å². The second kappa shape index (κ2) is 7.26. The summed E-state index contributed by atoms with van der Waals surface area (Å²) in [6.45, 7) is 4.47. The third-order valence-electron chi connectivity index (χ3n) is 3.46. The van der Waals surface area contributed by atoms with Crippen molar-refractivity contribution in [3.63, 3.8) is 0 Å². The predicted molar refractivity (Wildman–Crippen MR) is 81.9 cm³/mol. The average molecular weight is 287 g/mol. The van der Waals surface area contributed by atoms with E-state index in [1.54, 1.807) is 0 Å². The van der Waals surface area contributed by atoms with Crippen LogP contribution in [0, 0.1) is 24.7 Å². The standard InChI is InChI=1S/C17H21NO3/c1-12-6-7-16(14(9-12)5-3-4-8-19)18-17(20)15-10-13(2)21-11-15/h6-7,9,13,15,19H,4,8,10-11H2,1-2H3,(H,18,20). The molecule has 1 heterocycles. The zero-order chi connectivity index (χ0) is 15.2. The van der Waals surface area contributed by atoms with Crippen LogP contribution in [0.2, 0.25) is 0 Å². The minimum Gasteiger partial charge on any atom is -0.395 e. The number of hydrogen-bond acceptors (Lipinski definition) is 3. The van der Waals surface area contributed by atoms with Gasteiger partial charge in [-0.15, -0.1) is 0 Å². The molecule has 21 heavy (non-hydrogen) atoms. The Kier molecular flexibility index (Phi) is 5.38. The maximum Gasteiger partial charge on any atom is 0.229 e. The molecule has 1 amide bonds. The molecule has 2 atom stereocenters. The van der Waals surface area contributed by atoms with Gasteiger partial charge in [0.05, 0.1) is 30.9 Å². The molecule has 1 fully saturated rings. The Bertz CT molecular complexity index is 571. The van der Waals surface area contributed by atoms with E-state index >= 15 is 0 Å². The number of benzene rings is 1. The Morgan fingerprint density at radius 1 is 1.52 bits per heavy atom. The predicted octanol–water partition coefficient (Wildman–Crippen LogP) is 2.09. The summed E-state index contributed by atoms with van der Waals surface area (Å²) < 4.78 is 5.44.